The summed E-state index contributed by atoms with van der Waals surface area (Å²) in [6, 6.07) is 7.83. The highest BCUT2D eigenvalue weighted by Crippen LogP contribution is 2.39. The molecular formula is C14H16N2O4S. The summed E-state index contributed by atoms with van der Waals surface area (Å²) in [5, 5.41) is 1.93. The van der Waals surface area contributed by atoms with E-state index in [4.69, 9.17) is 9.47 Å². The zero-order chi connectivity index (χ0) is 15.0. The molecule has 2 heterocycles. The zero-order valence-corrected chi connectivity index (χ0v) is 12.6. The van der Waals surface area contributed by atoms with Crippen molar-refractivity contribution in [1.82, 2.24) is 5.32 Å². The number of amides is 2. The Morgan fingerprint density at radius 1 is 1.19 bits per heavy atom. The maximum absolute atomic E-state index is 11.8. The van der Waals surface area contributed by atoms with E-state index < -0.39 is 11.0 Å². The van der Waals surface area contributed by atoms with E-state index in [-0.39, 0.29) is 24.4 Å². The van der Waals surface area contributed by atoms with Crippen LogP contribution in [0.4, 0.5) is 10.5 Å². The summed E-state index contributed by atoms with van der Waals surface area (Å²) in [6.45, 7) is 0.324. The van der Waals surface area contributed by atoms with E-state index in [0.29, 0.717) is 0 Å². The topological polar surface area (TPSA) is 67.9 Å². The average molecular weight is 308 g/mol. The quantitative estimate of drug-likeness (QED) is 0.893. The highest BCUT2D eigenvalue weighted by atomic mass is 32.2. The third kappa shape index (κ3) is 2.64. The van der Waals surface area contributed by atoms with Crippen LogP contribution in [0.15, 0.2) is 24.3 Å². The van der Waals surface area contributed by atoms with Crippen LogP contribution >= 0.6 is 11.8 Å². The Morgan fingerprint density at radius 3 is 2.29 bits per heavy atom. The number of nitrogens with one attached hydrogen (secondary N) is 1. The maximum atomic E-state index is 11.8. The molecule has 0 radical (unpaired) electrons. The summed E-state index contributed by atoms with van der Waals surface area (Å²) >= 11 is 0.944. The van der Waals surface area contributed by atoms with E-state index >= 15 is 0 Å². The molecular weight excluding hydrogens is 292 g/mol. The zero-order valence-electron chi connectivity index (χ0n) is 11.8. The lowest BCUT2D eigenvalue weighted by atomic mass is 10.1. The first kappa shape index (κ1) is 14.4. The van der Waals surface area contributed by atoms with Crippen LogP contribution in [0.25, 0.3) is 0 Å². The van der Waals surface area contributed by atoms with Crippen LogP contribution in [0, 0.1) is 0 Å². The standard InChI is InChI=1S/C14H16N2O4S/c1-16(2)10-5-3-9(4-6-10)11-19-7-14(8-20-11)12(17)15-13(18)21-14/h3-6,11H,7-8H2,1-2H3,(H,15,17,18). The number of ether oxygens (including phenoxy) is 2. The summed E-state index contributed by atoms with van der Waals surface area (Å²) in [7, 11) is 3.94. The molecule has 2 aliphatic heterocycles. The molecule has 1 N–H and O–H groups in total. The number of anilines is 1. The van der Waals surface area contributed by atoms with Crippen molar-refractivity contribution in [1.29, 1.82) is 0 Å². The normalized spacial score (nSPS) is 28.8. The summed E-state index contributed by atoms with van der Waals surface area (Å²) in [4.78, 5) is 25.1. The number of hydrogen-bond acceptors (Lipinski definition) is 6. The number of thioether (sulfide) groups is 1. The van der Waals surface area contributed by atoms with Crippen LogP contribution in [-0.2, 0) is 14.3 Å². The average Bonchev–Trinajstić information content (AvgIpc) is 2.74. The molecule has 2 saturated heterocycles. The van der Waals surface area contributed by atoms with E-state index in [1.54, 1.807) is 0 Å². The van der Waals surface area contributed by atoms with E-state index in [0.717, 1.165) is 23.0 Å². The van der Waals surface area contributed by atoms with Gasteiger partial charge in [0.2, 0.25) is 5.91 Å². The summed E-state index contributed by atoms with van der Waals surface area (Å²) in [5.41, 5.74) is 1.98. The lowest BCUT2D eigenvalue weighted by Gasteiger charge is -2.33. The fourth-order valence-electron chi connectivity index (χ4n) is 2.28. The predicted octanol–water partition coefficient (Wildman–Crippen LogP) is 1.52. The summed E-state index contributed by atoms with van der Waals surface area (Å²) in [6.07, 6.45) is -0.504. The molecule has 6 nitrogen and oxygen atoms in total. The van der Waals surface area contributed by atoms with Gasteiger partial charge in [0, 0.05) is 25.3 Å². The van der Waals surface area contributed by atoms with Crippen molar-refractivity contribution < 1.29 is 19.1 Å². The van der Waals surface area contributed by atoms with Gasteiger partial charge >= 0.3 is 0 Å². The van der Waals surface area contributed by atoms with Crippen molar-refractivity contribution >= 4 is 28.6 Å². The van der Waals surface area contributed by atoms with Crippen LogP contribution in [-0.4, -0.2) is 43.2 Å². The minimum absolute atomic E-state index is 0.162. The van der Waals surface area contributed by atoms with Gasteiger partial charge in [0.25, 0.3) is 5.24 Å². The molecule has 1 aromatic carbocycles. The highest BCUT2D eigenvalue weighted by Gasteiger charge is 2.51. The van der Waals surface area contributed by atoms with E-state index in [2.05, 4.69) is 5.32 Å². The summed E-state index contributed by atoms with van der Waals surface area (Å²) in [5.74, 6) is -0.334. The maximum Gasteiger partial charge on any atom is 0.286 e. The molecule has 0 saturated carbocycles. The van der Waals surface area contributed by atoms with Gasteiger partial charge in [-0.15, -0.1) is 0 Å². The van der Waals surface area contributed by atoms with Gasteiger partial charge < -0.3 is 14.4 Å². The van der Waals surface area contributed by atoms with Crippen molar-refractivity contribution in [2.75, 3.05) is 32.2 Å². The lowest BCUT2D eigenvalue weighted by Crippen LogP contribution is -2.48. The Bertz CT molecular complexity index is 565. The molecule has 1 aromatic rings. The third-order valence-corrected chi connectivity index (χ3v) is 4.63. The smallest absolute Gasteiger partial charge is 0.286 e. The van der Waals surface area contributed by atoms with Gasteiger partial charge in [-0.1, -0.05) is 12.1 Å². The van der Waals surface area contributed by atoms with Crippen LogP contribution in [0.2, 0.25) is 0 Å². The Morgan fingerprint density at radius 2 is 1.81 bits per heavy atom. The van der Waals surface area contributed by atoms with Gasteiger partial charge in [0.05, 0.1) is 13.2 Å². The van der Waals surface area contributed by atoms with Crippen LogP contribution in [0.1, 0.15) is 11.9 Å². The number of benzene rings is 1. The van der Waals surface area contributed by atoms with Crippen molar-refractivity contribution in [3.05, 3.63) is 29.8 Å². The number of carbonyl (C=O) groups excluding carboxylic acids is 2. The molecule has 2 amide bonds. The van der Waals surface area contributed by atoms with Gasteiger partial charge in [-0.3, -0.25) is 14.9 Å². The lowest BCUT2D eigenvalue weighted by molar-refractivity contribution is -0.197. The number of carbonyl (C=O) groups is 2. The van der Waals surface area contributed by atoms with Crippen LogP contribution < -0.4 is 10.2 Å². The Balaban J connectivity index is 1.68. The minimum Gasteiger partial charge on any atom is -0.378 e. The number of nitrogens with zero attached hydrogens (tertiary/aromatic N) is 1. The second kappa shape index (κ2) is 5.32. The molecule has 0 aliphatic carbocycles. The molecule has 3 rings (SSSR count). The molecule has 2 fully saturated rings. The first-order valence-electron chi connectivity index (χ1n) is 6.55. The first-order valence-corrected chi connectivity index (χ1v) is 7.37. The molecule has 0 unspecified atom stereocenters. The van der Waals surface area contributed by atoms with Gasteiger partial charge in [0.1, 0.15) is 0 Å². The SMILES string of the molecule is CN(C)c1ccc(C2OCC3(CO2)SC(=O)NC3=O)cc1. The van der Waals surface area contributed by atoms with Crippen molar-refractivity contribution in [3.8, 4) is 0 Å². The monoisotopic (exact) mass is 308 g/mol. The first-order chi connectivity index (χ1) is 10.00. The second-order valence-electron chi connectivity index (χ2n) is 5.28. The predicted molar refractivity (Wildman–Crippen MR) is 79.3 cm³/mol. The Hall–Kier alpha value is -1.57. The van der Waals surface area contributed by atoms with E-state index in [1.807, 2.05) is 43.3 Å². The van der Waals surface area contributed by atoms with Crippen LogP contribution in [0.3, 0.4) is 0 Å². The molecule has 0 bridgehead atoms. The van der Waals surface area contributed by atoms with Crippen molar-refractivity contribution in [2.45, 2.75) is 11.0 Å². The molecule has 2 aliphatic rings. The van der Waals surface area contributed by atoms with Gasteiger partial charge in [-0.2, -0.15) is 0 Å². The van der Waals surface area contributed by atoms with Gasteiger partial charge in [0.15, 0.2) is 11.0 Å². The molecule has 1 spiro atoms. The molecule has 0 atom stereocenters. The fraction of sp³-hybridized carbons (Fsp3) is 0.429. The van der Waals surface area contributed by atoms with E-state index in [9.17, 15) is 9.59 Å². The third-order valence-electron chi connectivity index (χ3n) is 3.53. The number of rotatable bonds is 2. The second-order valence-corrected chi connectivity index (χ2v) is 6.63. The molecule has 7 heteroatoms. The largest absolute Gasteiger partial charge is 0.378 e. The molecule has 21 heavy (non-hydrogen) atoms. The highest BCUT2D eigenvalue weighted by molar-refractivity contribution is 8.16. The van der Waals surface area contributed by atoms with Crippen molar-refractivity contribution in [3.63, 3.8) is 0 Å². The van der Waals surface area contributed by atoms with E-state index in [1.165, 1.54) is 0 Å². The van der Waals surface area contributed by atoms with Crippen molar-refractivity contribution in [2.24, 2.45) is 0 Å². The molecule has 112 valence electrons. The van der Waals surface area contributed by atoms with Gasteiger partial charge in [-0.25, -0.2) is 0 Å². The number of hydrogen-bond donors (Lipinski definition) is 1. The fourth-order valence-corrected chi connectivity index (χ4v) is 3.17. The summed E-state index contributed by atoms with van der Waals surface area (Å²) < 4.78 is 10.4. The minimum atomic E-state index is -0.933. The Kier molecular flexibility index (Phi) is 3.64. The van der Waals surface area contributed by atoms with Crippen LogP contribution in [0.5, 0.6) is 0 Å². The Labute approximate surface area is 126 Å². The number of imide groups is 1. The van der Waals surface area contributed by atoms with Gasteiger partial charge in [-0.05, 0) is 23.9 Å². The molecule has 0 aromatic heterocycles.